The molecule has 1 aliphatic heterocycles. The summed E-state index contributed by atoms with van der Waals surface area (Å²) in [6, 6.07) is 9.79. The molecule has 3 aromatic rings. The Hall–Kier alpha value is -2.55. The third-order valence-corrected chi connectivity index (χ3v) is 6.83. The van der Waals surface area contributed by atoms with Crippen LogP contribution in [-0.2, 0) is 0 Å². The fraction of sp³-hybridized carbons (Fsp3) is 0.391. The number of amides is 2. The van der Waals surface area contributed by atoms with Crippen molar-refractivity contribution in [1.29, 1.82) is 0 Å². The summed E-state index contributed by atoms with van der Waals surface area (Å²) < 4.78 is 15.1. The number of nitrogens with zero attached hydrogens (tertiary/aromatic N) is 5. The fourth-order valence-corrected chi connectivity index (χ4v) is 4.75. The van der Waals surface area contributed by atoms with Gasteiger partial charge in [-0.05, 0) is 30.7 Å². The summed E-state index contributed by atoms with van der Waals surface area (Å²) in [4.78, 5) is 18.6. The first-order valence-electron chi connectivity index (χ1n) is 11.1. The average molecular weight is 493 g/mol. The minimum atomic E-state index is -0.583. The molecule has 2 N–H and O–H groups in total. The van der Waals surface area contributed by atoms with Gasteiger partial charge in [-0.3, -0.25) is 9.80 Å². The van der Waals surface area contributed by atoms with E-state index < -0.39 is 11.8 Å². The van der Waals surface area contributed by atoms with E-state index in [4.69, 9.17) is 28.9 Å². The normalized spacial score (nSPS) is 15.7. The first-order chi connectivity index (χ1) is 15.9. The Kier molecular flexibility index (Phi) is 7.26. The van der Waals surface area contributed by atoms with Crippen LogP contribution in [0, 0.1) is 5.82 Å². The third-order valence-electron chi connectivity index (χ3n) is 6.02. The zero-order chi connectivity index (χ0) is 23.5. The van der Waals surface area contributed by atoms with Gasteiger partial charge in [0, 0.05) is 32.2 Å². The molecule has 0 radical (unpaired) electrons. The van der Waals surface area contributed by atoms with Crippen LogP contribution in [0.4, 0.5) is 20.7 Å². The fourth-order valence-electron chi connectivity index (χ4n) is 4.34. The van der Waals surface area contributed by atoms with Gasteiger partial charge in [-0.15, -0.1) is 5.10 Å². The molecule has 2 aromatic heterocycles. The SMILES string of the molecule is CCCCC(N1CCN(c2cccc(Cl)c2Cl)CC1)N(C(N)=O)c1cc2ccc(F)cn2n1. The molecular formula is C23H27Cl2FN6O. The number of halogens is 3. The van der Waals surface area contributed by atoms with Crippen molar-refractivity contribution in [2.45, 2.75) is 32.4 Å². The number of nitrogens with two attached hydrogens (primary N) is 1. The van der Waals surface area contributed by atoms with Crippen molar-refractivity contribution in [2.75, 3.05) is 36.0 Å². The second-order valence-corrected chi connectivity index (χ2v) is 8.93. The van der Waals surface area contributed by atoms with E-state index in [0.29, 0.717) is 34.5 Å². The predicted octanol–water partition coefficient (Wildman–Crippen LogP) is 5.00. The molecule has 1 saturated heterocycles. The molecule has 1 fully saturated rings. The molecule has 1 aromatic carbocycles. The van der Waals surface area contributed by atoms with Crippen LogP contribution in [0.2, 0.25) is 10.0 Å². The molecule has 0 spiro atoms. The van der Waals surface area contributed by atoms with E-state index in [9.17, 15) is 9.18 Å². The van der Waals surface area contributed by atoms with Crippen molar-refractivity contribution < 1.29 is 9.18 Å². The lowest BCUT2D eigenvalue weighted by Crippen LogP contribution is -2.58. The van der Waals surface area contributed by atoms with Crippen molar-refractivity contribution >= 4 is 46.3 Å². The second kappa shape index (κ2) is 10.2. The molecule has 176 valence electrons. The molecule has 0 aliphatic carbocycles. The second-order valence-electron chi connectivity index (χ2n) is 8.15. The van der Waals surface area contributed by atoms with Gasteiger partial charge in [0.2, 0.25) is 0 Å². The van der Waals surface area contributed by atoms with Crippen LogP contribution < -0.4 is 15.5 Å². The first-order valence-corrected chi connectivity index (χ1v) is 11.8. The minimum Gasteiger partial charge on any atom is -0.368 e. The molecule has 1 aliphatic rings. The maximum absolute atomic E-state index is 13.7. The quantitative estimate of drug-likeness (QED) is 0.503. The third kappa shape index (κ3) is 5.03. The molecular weight excluding hydrogens is 466 g/mol. The summed E-state index contributed by atoms with van der Waals surface area (Å²) >= 11 is 12.6. The largest absolute Gasteiger partial charge is 0.368 e. The minimum absolute atomic E-state index is 0.255. The zero-order valence-corrected chi connectivity index (χ0v) is 19.9. The molecule has 2 amide bonds. The Bertz CT molecular complexity index is 1130. The molecule has 1 unspecified atom stereocenters. The van der Waals surface area contributed by atoms with Crippen LogP contribution in [0.15, 0.2) is 42.6 Å². The van der Waals surface area contributed by atoms with Crippen molar-refractivity contribution in [3.63, 3.8) is 0 Å². The van der Waals surface area contributed by atoms with Crippen LogP contribution in [-0.4, -0.2) is 52.9 Å². The molecule has 7 nitrogen and oxygen atoms in total. The Morgan fingerprint density at radius 2 is 1.97 bits per heavy atom. The monoisotopic (exact) mass is 492 g/mol. The number of hydrogen-bond acceptors (Lipinski definition) is 4. The summed E-state index contributed by atoms with van der Waals surface area (Å²) in [6.07, 6.45) is 3.69. The van der Waals surface area contributed by atoms with Crippen LogP contribution in [0.3, 0.4) is 0 Å². The number of primary amides is 1. The number of benzene rings is 1. The maximum atomic E-state index is 13.7. The summed E-state index contributed by atoms with van der Waals surface area (Å²) in [7, 11) is 0. The van der Waals surface area contributed by atoms with E-state index >= 15 is 0 Å². The highest BCUT2D eigenvalue weighted by atomic mass is 35.5. The molecule has 0 bridgehead atoms. The predicted molar refractivity (Wildman–Crippen MR) is 131 cm³/mol. The number of carbonyl (C=O) groups is 1. The lowest BCUT2D eigenvalue weighted by atomic mass is 10.1. The molecule has 33 heavy (non-hydrogen) atoms. The summed E-state index contributed by atoms with van der Waals surface area (Å²) in [6.45, 7) is 4.99. The molecule has 10 heteroatoms. The number of carbonyl (C=O) groups excluding carboxylic acids is 1. The van der Waals surface area contributed by atoms with Gasteiger partial charge in [0.05, 0.1) is 33.6 Å². The van der Waals surface area contributed by atoms with Gasteiger partial charge in [0.15, 0.2) is 5.82 Å². The number of aromatic nitrogens is 2. The highest BCUT2D eigenvalue weighted by Crippen LogP contribution is 2.33. The Morgan fingerprint density at radius 1 is 1.21 bits per heavy atom. The molecule has 4 rings (SSSR count). The lowest BCUT2D eigenvalue weighted by Gasteiger charge is -2.43. The van der Waals surface area contributed by atoms with Gasteiger partial charge >= 0.3 is 6.03 Å². The Morgan fingerprint density at radius 3 is 2.67 bits per heavy atom. The van der Waals surface area contributed by atoms with Crippen LogP contribution >= 0.6 is 23.2 Å². The Balaban J connectivity index is 1.58. The number of unbranched alkanes of at least 4 members (excludes halogenated alkanes) is 1. The molecule has 3 heterocycles. The van der Waals surface area contributed by atoms with E-state index in [0.717, 1.165) is 38.0 Å². The van der Waals surface area contributed by atoms with Crippen LogP contribution in [0.1, 0.15) is 26.2 Å². The van der Waals surface area contributed by atoms with Crippen molar-refractivity contribution in [2.24, 2.45) is 5.73 Å². The van der Waals surface area contributed by atoms with Crippen molar-refractivity contribution in [3.8, 4) is 0 Å². The number of piperazine rings is 1. The number of urea groups is 1. The van der Waals surface area contributed by atoms with E-state index in [1.165, 1.54) is 21.7 Å². The van der Waals surface area contributed by atoms with Gasteiger partial charge in [-0.25, -0.2) is 13.7 Å². The number of pyridine rings is 1. The highest BCUT2D eigenvalue weighted by molar-refractivity contribution is 6.43. The van der Waals surface area contributed by atoms with Gasteiger partial charge in [-0.1, -0.05) is 49.0 Å². The summed E-state index contributed by atoms with van der Waals surface area (Å²) in [5, 5.41) is 5.51. The number of rotatable bonds is 7. The smallest absolute Gasteiger partial charge is 0.321 e. The van der Waals surface area contributed by atoms with E-state index in [-0.39, 0.29) is 6.17 Å². The standard InChI is InChI=1S/C23H27Cl2FN6O/c1-2-3-7-21(30-12-10-29(11-13-30)19-6-4-5-18(24)22(19)25)32(23(27)33)20-14-17-9-8-16(26)15-31(17)28-20/h4-6,8-9,14-15,21H,2-3,7,10-13H2,1H3,(H2,27,33). The number of fused-ring (bicyclic) bond motifs is 1. The van der Waals surface area contributed by atoms with Crippen LogP contribution in [0.25, 0.3) is 5.52 Å². The highest BCUT2D eigenvalue weighted by Gasteiger charge is 2.33. The van der Waals surface area contributed by atoms with Crippen molar-refractivity contribution in [1.82, 2.24) is 14.5 Å². The van der Waals surface area contributed by atoms with E-state index in [1.54, 1.807) is 18.2 Å². The van der Waals surface area contributed by atoms with Gasteiger partial charge in [0.25, 0.3) is 0 Å². The van der Waals surface area contributed by atoms with E-state index in [1.807, 2.05) is 12.1 Å². The topological polar surface area (TPSA) is 70.1 Å². The number of hydrogen-bond donors (Lipinski definition) is 1. The van der Waals surface area contributed by atoms with Gasteiger partial charge < -0.3 is 10.6 Å². The molecule has 1 atom stereocenters. The number of anilines is 2. The van der Waals surface area contributed by atoms with Gasteiger partial charge in [-0.2, -0.15) is 0 Å². The lowest BCUT2D eigenvalue weighted by molar-refractivity contribution is 0.167. The van der Waals surface area contributed by atoms with Crippen molar-refractivity contribution in [3.05, 3.63) is 58.5 Å². The zero-order valence-electron chi connectivity index (χ0n) is 18.4. The Labute approximate surface area is 202 Å². The summed E-state index contributed by atoms with van der Waals surface area (Å²) in [5.41, 5.74) is 7.44. The molecule has 0 saturated carbocycles. The summed E-state index contributed by atoms with van der Waals surface area (Å²) in [5.74, 6) is 0.00984. The van der Waals surface area contributed by atoms with E-state index in [2.05, 4.69) is 21.8 Å². The van der Waals surface area contributed by atoms with Gasteiger partial charge in [0.1, 0.15) is 5.82 Å². The first kappa shape index (κ1) is 23.6. The average Bonchev–Trinajstić information content (AvgIpc) is 3.20. The van der Waals surface area contributed by atoms with Crippen LogP contribution in [0.5, 0.6) is 0 Å². The maximum Gasteiger partial charge on any atom is 0.321 e.